The Hall–Kier alpha value is -2.26. The van der Waals surface area contributed by atoms with E-state index in [1.807, 2.05) is 0 Å². The van der Waals surface area contributed by atoms with Gasteiger partial charge in [-0.1, -0.05) is 15.9 Å². The fourth-order valence-corrected chi connectivity index (χ4v) is 4.47. The van der Waals surface area contributed by atoms with Crippen molar-refractivity contribution in [1.29, 1.82) is 0 Å². The van der Waals surface area contributed by atoms with Crippen molar-refractivity contribution in [2.75, 3.05) is 0 Å². The molecule has 0 spiro atoms. The van der Waals surface area contributed by atoms with E-state index in [0.29, 0.717) is 11.1 Å². The van der Waals surface area contributed by atoms with Gasteiger partial charge in [-0.2, -0.15) is 0 Å². The number of hydrogen-bond donors (Lipinski definition) is 0. The van der Waals surface area contributed by atoms with E-state index in [4.69, 9.17) is 0 Å². The number of imidazole rings is 1. The number of hydrogen-bond acceptors (Lipinski definition) is 5. The van der Waals surface area contributed by atoms with E-state index in [-0.39, 0.29) is 16.1 Å². The van der Waals surface area contributed by atoms with Gasteiger partial charge in [0.2, 0.25) is 0 Å². The van der Waals surface area contributed by atoms with Crippen LogP contribution < -0.4 is 0 Å². The third kappa shape index (κ3) is 2.59. The fourth-order valence-electron chi connectivity index (χ4n) is 2.42. The minimum atomic E-state index is -3.86. The lowest BCUT2D eigenvalue weighted by Gasteiger charge is -2.11. The minimum absolute atomic E-state index is 0.138. The number of aromatic nitrogens is 2. The quantitative estimate of drug-likeness (QED) is 0.486. The van der Waals surface area contributed by atoms with Gasteiger partial charge in [0.25, 0.3) is 15.7 Å². The van der Waals surface area contributed by atoms with Crippen LogP contribution in [0.5, 0.6) is 0 Å². The first-order chi connectivity index (χ1) is 11.2. The molecule has 0 unspecified atom stereocenters. The van der Waals surface area contributed by atoms with Gasteiger partial charge in [-0.3, -0.25) is 10.1 Å². The van der Waals surface area contributed by atoms with Crippen LogP contribution in [0.1, 0.15) is 11.1 Å². The number of aryl methyl sites for hydroxylation is 2. The Morgan fingerprint density at radius 3 is 2.54 bits per heavy atom. The molecular formula is C15H12BrN3O4S. The van der Waals surface area contributed by atoms with Gasteiger partial charge in [-0.25, -0.2) is 17.4 Å². The van der Waals surface area contributed by atoms with E-state index < -0.39 is 14.9 Å². The average Bonchev–Trinajstić information content (AvgIpc) is 2.94. The Balaban J connectivity index is 2.23. The lowest BCUT2D eigenvalue weighted by atomic mass is 10.2. The average molecular weight is 410 g/mol. The van der Waals surface area contributed by atoms with E-state index in [9.17, 15) is 18.5 Å². The van der Waals surface area contributed by atoms with Crippen molar-refractivity contribution < 1.29 is 13.3 Å². The van der Waals surface area contributed by atoms with Crippen molar-refractivity contribution in [3.8, 4) is 0 Å². The molecule has 2 aromatic carbocycles. The number of fused-ring (bicyclic) bond motifs is 1. The van der Waals surface area contributed by atoms with E-state index in [1.54, 1.807) is 26.0 Å². The van der Waals surface area contributed by atoms with E-state index in [0.717, 1.165) is 14.0 Å². The second-order valence-corrected chi connectivity index (χ2v) is 7.98. The molecule has 0 radical (unpaired) electrons. The lowest BCUT2D eigenvalue weighted by Crippen LogP contribution is -2.13. The highest BCUT2D eigenvalue weighted by molar-refractivity contribution is 9.10. The maximum Gasteiger partial charge on any atom is 0.271 e. The number of halogens is 1. The van der Waals surface area contributed by atoms with Gasteiger partial charge in [0.1, 0.15) is 6.33 Å². The first-order valence-electron chi connectivity index (χ1n) is 6.85. The topological polar surface area (TPSA) is 95.1 Å². The van der Waals surface area contributed by atoms with Crippen molar-refractivity contribution >= 4 is 42.7 Å². The van der Waals surface area contributed by atoms with Crippen molar-refractivity contribution in [3.63, 3.8) is 0 Å². The molecule has 1 aromatic heterocycles. The summed E-state index contributed by atoms with van der Waals surface area (Å²) in [6.07, 6.45) is 1.17. The molecule has 9 heteroatoms. The summed E-state index contributed by atoms with van der Waals surface area (Å²) < 4.78 is 27.8. The maximum atomic E-state index is 13.0. The van der Waals surface area contributed by atoms with Gasteiger partial charge < -0.3 is 0 Å². The van der Waals surface area contributed by atoms with Crippen molar-refractivity contribution in [2.45, 2.75) is 18.7 Å². The zero-order chi connectivity index (χ0) is 17.6. The first kappa shape index (κ1) is 16.6. The summed E-state index contributed by atoms with van der Waals surface area (Å²) in [5, 5.41) is 10.8. The van der Waals surface area contributed by atoms with Gasteiger partial charge in [0, 0.05) is 16.6 Å². The second-order valence-electron chi connectivity index (χ2n) is 5.34. The van der Waals surface area contributed by atoms with Gasteiger partial charge in [-0.05, 0) is 43.2 Å². The zero-order valence-corrected chi connectivity index (χ0v) is 15.1. The molecular weight excluding hydrogens is 398 g/mol. The first-order valence-corrected chi connectivity index (χ1v) is 9.09. The van der Waals surface area contributed by atoms with Crippen LogP contribution in [-0.2, 0) is 10.0 Å². The summed E-state index contributed by atoms with van der Waals surface area (Å²) in [4.78, 5) is 14.4. The van der Waals surface area contributed by atoms with Crippen LogP contribution in [0.2, 0.25) is 0 Å². The van der Waals surface area contributed by atoms with Crippen LogP contribution in [0.25, 0.3) is 11.0 Å². The molecule has 0 atom stereocenters. The Bertz CT molecular complexity index is 1090. The monoisotopic (exact) mass is 409 g/mol. The molecule has 7 nitrogen and oxygen atoms in total. The normalized spacial score (nSPS) is 11.8. The maximum absolute atomic E-state index is 13.0. The van der Waals surface area contributed by atoms with Crippen LogP contribution in [0.3, 0.4) is 0 Å². The van der Waals surface area contributed by atoms with Gasteiger partial charge in [0.15, 0.2) is 0 Å². The highest BCUT2D eigenvalue weighted by Crippen LogP contribution is 2.28. The molecule has 0 amide bonds. The summed E-state index contributed by atoms with van der Waals surface area (Å²) in [5.74, 6) is 0. The van der Waals surface area contributed by atoms with Crippen LogP contribution in [-0.4, -0.2) is 22.3 Å². The third-order valence-electron chi connectivity index (χ3n) is 3.70. The Kier molecular flexibility index (Phi) is 3.92. The van der Waals surface area contributed by atoms with E-state index in [2.05, 4.69) is 20.9 Å². The van der Waals surface area contributed by atoms with Gasteiger partial charge in [0.05, 0.1) is 20.9 Å². The molecule has 0 saturated carbocycles. The summed E-state index contributed by atoms with van der Waals surface area (Å²) in [7, 11) is -3.86. The standard InChI is InChI=1S/C15H12BrN3O4S/c1-9-6-15(10(2)5-12(9)16)24(22,23)18-8-17-13-7-11(19(20)21)3-4-14(13)18/h3-8H,1-2H3. The van der Waals surface area contributed by atoms with Crippen LogP contribution in [0.15, 0.2) is 46.0 Å². The predicted molar refractivity (Wildman–Crippen MR) is 92.6 cm³/mol. The summed E-state index contributed by atoms with van der Waals surface area (Å²) in [6.45, 7) is 3.51. The molecule has 3 aromatic rings. The second kappa shape index (κ2) is 5.67. The zero-order valence-electron chi connectivity index (χ0n) is 12.7. The molecule has 124 valence electrons. The smallest absolute Gasteiger partial charge is 0.258 e. The fraction of sp³-hybridized carbons (Fsp3) is 0.133. The van der Waals surface area contributed by atoms with Crippen molar-refractivity contribution in [2.24, 2.45) is 0 Å². The molecule has 0 N–H and O–H groups in total. The van der Waals surface area contributed by atoms with Crippen molar-refractivity contribution in [1.82, 2.24) is 8.96 Å². The summed E-state index contributed by atoms with van der Waals surface area (Å²) in [6, 6.07) is 7.23. The lowest BCUT2D eigenvalue weighted by molar-refractivity contribution is -0.384. The van der Waals surface area contributed by atoms with E-state index in [1.165, 1.54) is 24.5 Å². The highest BCUT2D eigenvalue weighted by atomic mass is 79.9. The Labute approximate surface area is 146 Å². The minimum Gasteiger partial charge on any atom is -0.258 e. The van der Waals surface area contributed by atoms with Gasteiger partial charge >= 0.3 is 0 Å². The summed E-state index contributed by atoms with van der Waals surface area (Å²) >= 11 is 3.38. The number of rotatable bonds is 3. The Morgan fingerprint density at radius 1 is 1.17 bits per heavy atom. The molecule has 3 rings (SSSR count). The molecule has 0 aliphatic heterocycles. The molecule has 1 heterocycles. The molecule has 0 aliphatic rings. The SMILES string of the molecule is Cc1cc(S(=O)(=O)n2cnc3cc([N+](=O)[O-])ccc32)c(C)cc1Br. The number of benzene rings is 2. The van der Waals surface area contributed by atoms with E-state index >= 15 is 0 Å². The molecule has 0 aliphatic carbocycles. The van der Waals surface area contributed by atoms with Crippen molar-refractivity contribution in [3.05, 3.63) is 62.4 Å². The van der Waals surface area contributed by atoms with Crippen LogP contribution >= 0.6 is 15.9 Å². The Morgan fingerprint density at radius 2 is 1.88 bits per heavy atom. The predicted octanol–water partition coefficient (Wildman–Crippen LogP) is 3.56. The van der Waals surface area contributed by atoms with Crippen LogP contribution in [0, 0.1) is 24.0 Å². The van der Waals surface area contributed by atoms with Crippen LogP contribution in [0.4, 0.5) is 5.69 Å². The number of nitro benzene ring substituents is 1. The number of nitro groups is 1. The third-order valence-corrected chi connectivity index (χ3v) is 6.36. The largest absolute Gasteiger partial charge is 0.271 e. The molecule has 0 bridgehead atoms. The number of nitrogens with zero attached hydrogens (tertiary/aromatic N) is 3. The number of non-ortho nitro benzene ring substituents is 1. The molecule has 0 fully saturated rings. The molecule has 24 heavy (non-hydrogen) atoms. The molecule has 0 saturated heterocycles. The van der Waals surface area contributed by atoms with Gasteiger partial charge in [-0.15, -0.1) is 0 Å². The summed E-state index contributed by atoms with van der Waals surface area (Å²) in [5.41, 5.74) is 1.79. The highest BCUT2D eigenvalue weighted by Gasteiger charge is 2.23.